The van der Waals surface area contributed by atoms with Gasteiger partial charge in [0.2, 0.25) is 5.89 Å². The SMILES string of the molecule is O=C1c2ccc([N+](=O)[O-])cc2C(=O)N1Cc1ncc(-c2ccc(Cl)cc2)o1. The summed E-state index contributed by atoms with van der Waals surface area (Å²) in [6, 6.07) is 10.5. The summed E-state index contributed by atoms with van der Waals surface area (Å²) < 4.78 is 5.62. The topological polar surface area (TPSA) is 107 Å². The van der Waals surface area contributed by atoms with Crippen molar-refractivity contribution in [2.45, 2.75) is 6.54 Å². The molecule has 0 bridgehead atoms. The Kier molecular flexibility index (Phi) is 3.97. The molecule has 27 heavy (non-hydrogen) atoms. The van der Waals surface area contributed by atoms with E-state index in [0.717, 1.165) is 16.5 Å². The summed E-state index contributed by atoms with van der Waals surface area (Å²) in [5, 5.41) is 11.5. The van der Waals surface area contributed by atoms with Crippen molar-refractivity contribution in [2.75, 3.05) is 0 Å². The Morgan fingerprint density at radius 1 is 1.07 bits per heavy atom. The Labute approximate surface area is 157 Å². The van der Waals surface area contributed by atoms with E-state index < -0.39 is 16.7 Å². The molecule has 0 saturated carbocycles. The molecule has 0 spiro atoms. The highest BCUT2D eigenvalue weighted by Gasteiger charge is 2.37. The third-order valence-electron chi connectivity index (χ3n) is 4.14. The highest BCUT2D eigenvalue weighted by Crippen LogP contribution is 2.29. The molecule has 2 heterocycles. The molecule has 0 aliphatic carbocycles. The molecule has 0 fully saturated rings. The van der Waals surface area contributed by atoms with Crippen LogP contribution in [0.2, 0.25) is 5.02 Å². The van der Waals surface area contributed by atoms with Gasteiger partial charge in [0.25, 0.3) is 17.5 Å². The number of carbonyl (C=O) groups is 2. The average molecular weight is 384 g/mol. The first kappa shape index (κ1) is 16.9. The van der Waals surface area contributed by atoms with Gasteiger partial charge in [0.15, 0.2) is 5.76 Å². The van der Waals surface area contributed by atoms with Gasteiger partial charge in [-0.2, -0.15) is 0 Å². The Morgan fingerprint density at radius 2 is 1.78 bits per heavy atom. The van der Waals surface area contributed by atoms with E-state index >= 15 is 0 Å². The monoisotopic (exact) mass is 383 g/mol. The fourth-order valence-corrected chi connectivity index (χ4v) is 2.93. The van der Waals surface area contributed by atoms with E-state index in [-0.39, 0.29) is 29.2 Å². The Balaban J connectivity index is 1.58. The summed E-state index contributed by atoms with van der Waals surface area (Å²) in [6.07, 6.45) is 1.49. The minimum Gasteiger partial charge on any atom is -0.439 e. The standard InChI is InChI=1S/C18H10ClN3O5/c19-11-3-1-10(2-4-11)15-8-20-16(27-15)9-21-17(23)13-6-5-12(22(25)26)7-14(13)18(21)24/h1-8H,9H2. The molecule has 2 aromatic carbocycles. The molecule has 2 amide bonds. The Hall–Kier alpha value is -3.52. The molecule has 8 nitrogen and oxygen atoms in total. The van der Waals surface area contributed by atoms with Crippen LogP contribution in [0.1, 0.15) is 26.6 Å². The van der Waals surface area contributed by atoms with Crippen LogP contribution in [0.25, 0.3) is 11.3 Å². The highest BCUT2D eigenvalue weighted by atomic mass is 35.5. The lowest BCUT2D eigenvalue weighted by Crippen LogP contribution is -2.29. The maximum atomic E-state index is 12.5. The van der Waals surface area contributed by atoms with Crippen molar-refractivity contribution in [1.29, 1.82) is 0 Å². The summed E-state index contributed by atoms with van der Waals surface area (Å²) >= 11 is 5.85. The zero-order valence-electron chi connectivity index (χ0n) is 13.6. The average Bonchev–Trinajstić information content (AvgIpc) is 3.21. The van der Waals surface area contributed by atoms with Crippen molar-refractivity contribution in [3.05, 3.63) is 80.8 Å². The van der Waals surface area contributed by atoms with Crippen LogP contribution in [0, 0.1) is 10.1 Å². The smallest absolute Gasteiger partial charge is 0.270 e. The Bertz CT molecular complexity index is 1090. The summed E-state index contributed by atoms with van der Waals surface area (Å²) in [4.78, 5) is 40.3. The van der Waals surface area contributed by atoms with Crippen molar-refractivity contribution in [3.8, 4) is 11.3 Å². The number of fused-ring (bicyclic) bond motifs is 1. The number of hydrogen-bond donors (Lipinski definition) is 0. The third-order valence-corrected chi connectivity index (χ3v) is 4.39. The van der Waals surface area contributed by atoms with Gasteiger partial charge < -0.3 is 4.42 Å². The number of hydrogen-bond acceptors (Lipinski definition) is 6. The van der Waals surface area contributed by atoms with Gasteiger partial charge in [-0.1, -0.05) is 11.6 Å². The van der Waals surface area contributed by atoms with Gasteiger partial charge in [-0.25, -0.2) is 4.98 Å². The quantitative estimate of drug-likeness (QED) is 0.386. The fourth-order valence-electron chi connectivity index (χ4n) is 2.80. The molecular formula is C18H10ClN3O5. The van der Waals surface area contributed by atoms with E-state index in [0.29, 0.717) is 10.8 Å². The second kappa shape index (κ2) is 6.33. The molecule has 1 aliphatic rings. The van der Waals surface area contributed by atoms with Gasteiger partial charge in [0.1, 0.15) is 6.54 Å². The molecule has 9 heteroatoms. The molecule has 4 rings (SSSR count). The molecule has 0 radical (unpaired) electrons. The van der Waals surface area contributed by atoms with Crippen LogP contribution in [-0.2, 0) is 6.54 Å². The number of aromatic nitrogens is 1. The number of nitrogens with zero attached hydrogens (tertiary/aromatic N) is 3. The van der Waals surface area contributed by atoms with Crippen LogP contribution in [0.5, 0.6) is 0 Å². The van der Waals surface area contributed by atoms with Crippen LogP contribution >= 0.6 is 11.6 Å². The van der Waals surface area contributed by atoms with Crippen LogP contribution in [0.3, 0.4) is 0 Å². The van der Waals surface area contributed by atoms with Crippen molar-refractivity contribution < 1.29 is 18.9 Å². The summed E-state index contributed by atoms with van der Waals surface area (Å²) in [6.45, 7) is -0.173. The first-order chi connectivity index (χ1) is 12.9. The second-order valence-corrected chi connectivity index (χ2v) is 6.25. The number of oxazole rings is 1. The maximum Gasteiger partial charge on any atom is 0.270 e. The number of nitro groups is 1. The maximum absolute atomic E-state index is 12.5. The zero-order valence-corrected chi connectivity index (χ0v) is 14.3. The predicted molar refractivity (Wildman–Crippen MR) is 94.2 cm³/mol. The van der Waals surface area contributed by atoms with Crippen LogP contribution in [0.15, 0.2) is 53.1 Å². The number of halogens is 1. The van der Waals surface area contributed by atoms with E-state index in [4.69, 9.17) is 16.0 Å². The molecule has 1 aromatic heterocycles. The summed E-state index contributed by atoms with van der Waals surface area (Å²) in [5.41, 5.74) is 0.614. The molecule has 0 unspecified atom stereocenters. The lowest BCUT2D eigenvalue weighted by atomic mass is 10.1. The van der Waals surface area contributed by atoms with E-state index in [1.165, 1.54) is 18.3 Å². The lowest BCUT2D eigenvalue weighted by molar-refractivity contribution is -0.384. The number of nitro benzene ring substituents is 1. The third kappa shape index (κ3) is 2.96. The predicted octanol–water partition coefficient (Wildman–Crippen LogP) is 3.70. The molecule has 1 aliphatic heterocycles. The molecule has 3 aromatic rings. The Morgan fingerprint density at radius 3 is 2.48 bits per heavy atom. The fraction of sp³-hybridized carbons (Fsp3) is 0.0556. The molecule has 134 valence electrons. The molecular weight excluding hydrogens is 374 g/mol. The molecule has 0 N–H and O–H groups in total. The van der Waals surface area contributed by atoms with Crippen molar-refractivity contribution in [3.63, 3.8) is 0 Å². The van der Waals surface area contributed by atoms with Gasteiger partial charge in [-0.15, -0.1) is 0 Å². The molecule has 0 saturated heterocycles. The largest absolute Gasteiger partial charge is 0.439 e. The van der Waals surface area contributed by atoms with Gasteiger partial charge in [-0.3, -0.25) is 24.6 Å². The van der Waals surface area contributed by atoms with Crippen LogP contribution in [0.4, 0.5) is 5.69 Å². The normalized spacial score (nSPS) is 13.1. The number of benzene rings is 2. The van der Waals surface area contributed by atoms with Gasteiger partial charge in [0, 0.05) is 22.7 Å². The van der Waals surface area contributed by atoms with Crippen LogP contribution in [-0.4, -0.2) is 26.6 Å². The zero-order chi connectivity index (χ0) is 19.1. The first-order valence-electron chi connectivity index (χ1n) is 7.79. The highest BCUT2D eigenvalue weighted by molar-refractivity contribution is 6.30. The van der Waals surface area contributed by atoms with E-state index in [9.17, 15) is 19.7 Å². The van der Waals surface area contributed by atoms with E-state index in [1.54, 1.807) is 24.3 Å². The number of carbonyl (C=O) groups excluding carboxylic acids is 2. The lowest BCUT2D eigenvalue weighted by Gasteiger charge is -2.10. The van der Waals surface area contributed by atoms with E-state index in [1.807, 2.05) is 0 Å². The summed E-state index contributed by atoms with van der Waals surface area (Å²) in [7, 11) is 0. The number of imide groups is 1. The van der Waals surface area contributed by atoms with Gasteiger partial charge in [-0.05, 0) is 30.3 Å². The van der Waals surface area contributed by atoms with Gasteiger partial charge >= 0.3 is 0 Å². The van der Waals surface area contributed by atoms with Crippen molar-refractivity contribution >= 4 is 29.1 Å². The second-order valence-electron chi connectivity index (χ2n) is 5.81. The number of non-ortho nitro benzene ring substituents is 1. The van der Waals surface area contributed by atoms with Crippen molar-refractivity contribution in [2.24, 2.45) is 0 Å². The number of amides is 2. The first-order valence-corrected chi connectivity index (χ1v) is 8.17. The van der Waals surface area contributed by atoms with Crippen molar-refractivity contribution in [1.82, 2.24) is 9.88 Å². The summed E-state index contributed by atoms with van der Waals surface area (Å²) in [5.74, 6) is -0.529. The van der Waals surface area contributed by atoms with E-state index in [2.05, 4.69) is 4.98 Å². The molecule has 0 atom stereocenters. The minimum atomic E-state index is -0.620. The van der Waals surface area contributed by atoms with Gasteiger partial charge in [0.05, 0.1) is 22.2 Å². The minimum absolute atomic E-state index is 0.00122. The number of rotatable bonds is 4. The van der Waals surface area contributed by atoms with Crippen LogP contribution < -0.4 is 0 Å².